The van der Waals surface area contributed by atoms with Crippen LogP contribution in [0.4, 0.5) is 0 Å². The smallest absolute Gasteiger partial charge is 0.487 e. The van der Waals surface area contributed by atoms with Gasteiger partial charge in [-0.3, -0.25) is 19.4 Å². The summed E-state index contributed by atoms with van der Waals surface area (Å²) in [7, 11) is -1.12. The van der Waals surface area contributed by atoms with Gasteiger partial charge in [-0.2, -0.15) is 0 Å². The number of aromatic hydroxyl groups is 1. The first-order chi connectivity index (χ1) is 17.9. The number of hydrogen-bond donors (Lipinski definition) is 2. The molecule has 37 heavy (non-hydrogen) atoms. The maximum absolute atomic E-state index is 13.9. The average molecular weight is 500 g/mol. The lowest BCUT2D eigenvalue weighted by Gasteiger charge is -2.41. The van der Waals surface area contributed by atoms with E-state index in [1.54, 1.807) is 23.1 Å². The minimum atomic E-state index is -1.12. The van der Waals surface area contributed by atoms with E-state index in [0.717, 1.165) is 49.1 Å². The van der Waals surface area contributed by atoms with Crippen LogP contribution in [0.25, 0.3) is 0 Å². The SMILES string of the molecule is CC1=C2B(O)O[C@H](c3cccc(O)c3)C[C@H]2[C@H]2C(=O)N(C3CCN(Cc4ccccc4)CC3)C(=O)[C@H]2C1. The number of carbonyl (C=O) groups is 2. The number of nitrogens with zero attached hydrogens (tertiary/aromatic N) is 2. The van der Waals surface area contributed by atoms with Crippen LogP contribution < -0.4 is 0 Å². The molecule has 2 aromatic carbocycles. The van der Waals surface area contributed by atoms with E-state index in [1.165, 1.54) is 5.56 Å². The van der Waals surface area contributed by atoms with Crippen LogP contribution in [0.5, 0.6) is 5.75 Å². The fraction of sp³-hybridized carbons (Fsp3) is 0.448. The number of imide groups is 1. The third-order valence-corrected chi connectivity index (χ3v) is 8.80. The molecule has 0 bridgehead atoms. The summed E-state index contributed by atoms with van der Waals surface area (Å²) in [5.74, 6) is -1.10. The first-order valence-corrected chi connectivity index (χ1v) is 13.4. The summed E-state index contributed by atoms with van der Waals surface area (Å²) in [5.41, 5.74) is 3.75. The minimum absolute atomic E-state index is 0.0511. The van der Waals surface area contributed by atoms with Gasteiger partial charge in [-0.05, 0) is 67.3 Å². The second-order valence-electron chi connectivity index (χ2n) is 11.0. The van der Waals surface area contributed by atoms with Gasteiger partial charge in [0.05, 0.1) is 17.9 Å². The number of carbonyl (C=O) groups excluding carboxylic acids is 2. The van der Waals surface area contributed by atoms with E-state index in [2.05, 4.69) is 17.0 Å². The highest BCUT2D eigenvalue weighted by Gasteiger charge is 2.58. The zero-order valence-corrected chi connectivity index (χ0v) is 21.1. The lowest BCUT2D eigenvalue weighted by molar-refractivity contribution is -0.144. The number of allylic oxidation sites excluding steroid dienone is 2. The van der Waals surface area contributed by atoms with Crippen LogP contribution in [0, 0.1) is 17.8 Å². The quantitative estimate of drug-likeness (QED) is 0.494. The molecule has 3 fully saturated rings. The zero-order valence-electron chi connectivity index (χ0n) is 21.1. The fourth-order valence-electron chi connectivity index (χ4n) is 7.06. The Morgan fingerprint density at radius 2 is 1.76 bits per heavy atom. The maximum atomic E-state index is 13.9. The number of fused-ring (bicyclic) bond motifs is 3. The molecule has 0 radical (unpaired) electrons. The van der Waals surface area contributed by atoms with Crippen molar-refractivity contribution in [2.24, 2.45) is 17.8 Å². The molecule has 4 atom stereocenters. The van der Waals surface area contributed by atoms with E-state index in [1.807, 2.05) is 31.2 Å². The maximum Gasteiger partial charge on any atom is 0.487 e. The lowest BCUT2D eigenvalue weighted by atomic mass is 9.55. The van der Waals surface area contributed by atoms with Crippen molar-refractivity contribution in [3.8, 4) is 5.75 Å². The third-order valence-electron chi connectivity index (χ3n) is 8.80. The summed E-state index contributed by atoms with van der Waals surface area (Å²) in [6.07, 6.45) is 2.09. The molecule has 1 aliphatic carbocycles. The standard InChI is InChI=1S/C29H33BN2O5/c1-18-14-24-26(23-16-25(37-30(36)27(18)23)20-8-5-9-22(33)15-20)29(35)32(28(24)34)21-10-12-31(13-11-21)17-19-6-3-2-4-7-19/h2-9,15,21,23-26,33,36H,10-14,16-17H2,1H3/t23-,24-,25-,26+/m0/s1. The molecule has 7 nitrogen and oxygen atoms in total. The van der Waals surface area contributed by atoms with E-state index >= 15 is 0 Å². The van der Waals surface area contributed by atoms with Crippen LogP contribution in [0.15, 0.2) is 65.6 Å². The Labute approximate surface area is 217 Å². The summed E-state index contributed by atoms with van der Waals surface area (Å²) in [6.45, 7) is 4.53. The molecular weight excluding hydrogens is 467 g/mol. The van der Waals surface area contributed by atoms with Crippen LogP contribution in [-0.2, 0) is 20.8 Å². The van der Waals surface area contributed by atoms with E-state index in [0.29, 0.717) is 12.8 Å². The molecule has 0 saturated carbocycles. The van der Waals surface area contributed by atoms with Crippen molar-refractivity contribution in [2.75, 3.05) is 13.1 Å². The Morgan fingerprint density at radius 3 is 2.49 bits per heavy atom. The monoisotopic (exact) mass is 500 g/mol. The molecule has 6 rings (SSSR count). The second-order valence-corrected chi connectivity index (χ2v) is 11.0. The predicted molar refractivity (Wildman–Crippen MR) is 139 cm³/mol. The van der Waals surface area contributed by atoms with Gasteiger partial charge in [0.2, 0.25) is 11.8 Å². The van der Waals surface area contributed by atoms with Gasteiger partial charge in [0.25, 0.3) is 0 Å². The number of piperidine rings is 1. The zero-order chi connectivity index (χ0) is 25.7. The van der Waals surface area contributed by atoms with Gasteiger partial charge in [-0.25, -0.2) is 0 Å². The van der Waals surface area contributed by atoms with Gasteiger partial charge < -0.3 is 14.8 Å². The number of phenols is 1. The van der Waals surface area contributed by atoms with Crippen molar-refractivity contribution in [1.82, 2.24) is 9.80 Å². The summed E-state index contributed by atoms with van der Waals surface area (Å²) in [5, 5.41) is 20.9. The molecule has 0 spiro atoms. The van der Waals surface area contributed by atoms with Gasteiger partial charge in [0.15, 0.2) is 0 Å². The normalized spacial score (nSPS) is 29.0. The van der Waals surface area contributed by atoms with Crippen molar-refractivity contribution in [3.05, 3.63) is 76.8 Å². The molecule has 3 heterocycles. The van der Waals surface area contributed by atoms with Crippen molar-refractivity contribution >= 4 is 18.9 Å². The van der Waals surface area contributed by atoms with E-state index in [-0.39, 0.29) is 35.4 Å². The molecule has 2 aromatic rings. The molecule has 3 saturated heterocycles. The Hall–Kier alpha value is -2.94. The van der Waals surface area contributed by atoms with Crippen molar-refractivity contribution in [2.45, 2.75) is 51.3 Å². The van der Waals surface area contributed by atoms with Gasteiger partial charge in [0, 0.05) is 25.7 Å². The minimum Gasteiger partial charge on any atom is -0.508 e. The Kier molecular flexibility index (Phi) is 6.43. The Bertz CT molecular complexity index is 1230. The van der Waals surface area contributed by atoms with Crippen LogP contribution in [0.1, 0.15) is 49.8 Å². The number of phenolic OH excluding ortho intramolecular Hbond substituents is 1. The molecule has 2 amide bonds. The largest absolute Gasteiger partial charge is 0.508 e. The summed E-state index contributed by atoms with van der Waals surface area (Å²) in [6, 6.07) is 17.1. The highest BCUT2D eigenvalue weighted by Crippen LogP contribution is 2.52. The number of benzene rings is 2. The molecule has 192 valence electrons. The first kappa shape index (κ1) is 24.4. The molecule has 4 aliphatic rings. The van der Waals surface area contributed by atoms with Crippen LogP contribution in [-0.4, -0.2) is 58.0 Å². The molecule has 8 heteroatoms. The van der Waals surface area contributed by atoms with E-state index in [9.17, 15) is 19.7 Å². The van der Waals surface area contributed by atoms with Gasteiger partial charge in [-0.15, -0.1) is 0 Å². The van der Waals surface area contributed by atoms with Gasteiger partial charge in [0.1, 0.15) is 5.75 Å². The third kappa shape index (κ3) is 4.41. The molecule has 3 aliphatic heterocycles. The van der Waals surface area contributed by atoms with Gasteiger partial charge >= 0.3 is 7.12 Å². The highest BCUT2D eigenvalue weighted by atomic mass is 16.5. The van der Waals surface area contributed by atoms with Crippen LogP contribution in [0.3, 0.4) is 0 Å². The van der Waals surface area contributed by atoms with E-state index < -0.39 is 19.1 Å². The Morgan fingerprint density at radius 1 is 1.00 bits per heavy atom. The van der Waals surface area contributed by atoms with Crippen molar-refractivity contribution < 1.29 is 24.4 Å². The average Bonchev–Trinajstić information content (AvgIpc) is 3.14. The number of rotatable bonds is 4. The number of likely N-dealkylation sites (tertiary alicyclic amines) is 2. The number of hydrogen-bond acceptors (Lipinski definition) is 6. The van der Waals surface area contributed by atoms with Crippen LogP contribution in [0.2, 0.25) is 0 Å². The van der Waals surface area contributed by atoms with Gasteiger partial charge in [-0.1, -0.05) is 48.0 Å². The molecular formula is C29H33BN2O5. The Balaban J connectivity index is 1.20. The van der Waals surface area contributed by atoms with E-state index in [4.69, 9.17) is 4.65 Å². The predicted octanol–water partition coefficient (Wildman–Crippen LogP) is 3.48. The molecule has 2 N–H and O–H groups in total. The molecule has 0 aromatic heterocycles. The molecule has 0 unspecified atom stereocenters. The summed E-state index contributed by atoms with van der Waals surface area (Å²) < 4.78 is 5.95. The highest BCUT2D eigenvalue weighted by molar-refractivity contribution is 6.53. The summed E-state index contributed by atoms with van der Waals surface area (Å²) in [4.78, 5) is 31.5. The topological polar surface area (TPSA) is 90.3 Å². The van der Waals surface area contributed by atoms with Crippen molar-refractivity contribution in [1.29, 1.82) is 0 Å². The fourth-order valence-corrected chi connectivity index (χ4v) is 7.06. The lowest BCUT2D eigenvalue weighted by Crippen LogP contribution is -2.48. The first-order valence-electron chi connectivity index (χ1n) is 13.4. The second kappa shape index (κ2) is 9.74. The number of amides is 2. The van der Waals surface area contributed by atoms with Crippen LogP contribution >= 0.6 is 0 Å². The summed E-state index contributed by atoms with van der Waals surface area (Å²) >= 11 is 0. The van der Waals surface area contributed by atoms with Crippen molar-refractivity contribution in [3.63, 3.8) is 0 Å².